The van der Waals surface area contributed by atoms with Crippen LogP contribution < -0.4 is 20.4 Å². The van der Waals surface area contributed by atoms with Gasteiger partial charge in [0.05, 0.1) is 12.1 Å². The Balaban J connectivity index is 1.22. The van der Waals surface area contributed by atoms with Gasteiger partial charge in [-0.1, -0.05) is 6.07 Å². The lowest BCUT2D eigenvalue weighted by Gasteiger charge is -2.42. The number of piperidine rings is 2. The summed E-state index contributed by atoms with van der Waals surface area (Å²) in [5.74, 6) is 1.14. The summed E-state index contributed by atoms with van der Waals surface area (Å²) in [7, 11) is 0. The SMILES string of the molecule is NC(=O)N1Cc2ccc(N3CCC[C@H]4[C@@H]3CCN4c3cc(N4CCCCC4)ccn3)cc2C1. The summed E-state index contributed by atoms with van der Waals surface area (Å²) in [4.78, 5) is 25.8. The highest BCUT2D eigenvalue weighted by molar-refractivity contribution is 5.73. The normalized spacial score (nSPS) is 24.7. The number of aromatic nitrogens is 1. The maximum Gasteiger partial charge on any atom is 0.315 e. The van der Waals surface area contributed by atoms with E-state index in [1.807, 2.05) is 6.20 Å². The molecule has 7 heteroatoms. The second-order valence-corrected chi connectivity index (χ2v) is 10.0. The Morgan fingerprint density at radius 3 is 2.48 bits per heavy atom. The van der Waals surface area contributed by atoms with Crippen molar-refractivity contribution in [2.75, 3.05) is 40.9 Å². The van der Waals surface area contributed by atoms with Crippen LogP contribution in [0.1, 0.15) is 49.7 Å². The summed E-state index contributed by atoms with van der Waals surface area (Å²) in [5, 5.41) is 0. The molecular formula is C26H34N6O. The average Bonchev–Trinajstić information content (AvgIpc) is 3.49. The zero-order valence-corrected chi connectivity index (χ0v) is 19.3. The molecule has 6 rings (SSSR count). The molecule has 0 bridgehead atoms. The van der Waals surface area contributed by atoms with E-state index in [0.29, 0.717) is 25.2 Å². The Hall–Kier alpha value is -2.96. The van der Waals surface area contributed by atoms with Gasteiger partial charge < -0.3 is 25.3 Å². The topological polar surface area (TPSA) is 68.9 Å². The first-order valence-electron chi connectivity index (χ1n) is 12.6. The fourth-order valence-electron chi connectivity index (χ4n) is 6.42. The lowest BCUT2D eigenvalue weighted by molar-refractivity contribution is 0.208. The number of hydrogen-bond donors (Lipinski definition) is 1. The summed E-state index contributed by atoms with van der Waals surface area (Å²) in [6.45, 7) is 5.73. The summed E-state index contributed by atoms with van der Waals surface area (Å²) >= 11 is 0. The van der Waals surface area contributed by atoms with Gasteiger partial charge in [0.15, 0.2) is 0 Å². The van der Waals surface area contributed by atoms with E-state index in [1.165, 1.54) is 54.6 Å². The third-order valence-corrected chi connectivity index (χ3v) is 8.11. The second-order valence-electron chi connectivity index (χ2n) is 10.0. The molecule has 0 radical (unpaired) electrons. The molecule has 33 heavy (non-hydrogen) atoms. The van der Waals surface area contributed by atoms with Crippen molar-refractivity contribution in [1.29, 1.82) is 0 Å². The van der Waals surface area contributed by atoms with E-state index in [-0.39, 0.29) is 6.03 Å². The molecule has 3 saturated heterocycles. The zero-order chi connectivity index (χ0) is 22.4. The maximum atomic E-state index is 11.6. The Kier molecular flexibility index (Phi) is 5.27. The molecule has 2 aromatic rings. The quantitative estimate of drug-likeness (QED) is 0.778. The second kappa shape index (κ2) is 8.43. The number of carbonyl (C=O) groups is 1. The van der Waals surface area contributed by atoms with Gasteiger partial charge in [-0.05, 0) is 67.9 Å². The van der Waals surface area contributed by atoms with E-state index in [2.05, 4.69) is 45.0 Å². The Morgan fingerprint density at radius 1 is 0.818 bits per heavy atom. The molecule has 1 aromatic carbocycles. The summed E-state index contributed by atoms with van der Waals surface area (Å²) in [6, 6.07) is 11.9. The summed E-state index contributed by atoms with van der Waals surface area (Å²) in [6.07, 6.45) is 9.50. The molecule has 4 aliphatic rings. The minimum atomic E-state index is -0.337. The maximum absolute atomic E-state index is 11.6. The van der Waals surface area contributed by atoms with Crippen molar-refractivity contribution in [3.63, 3.8) is 0 Å². The summed E-state index contributed by atoms with van der Waals surface area (Å²) in [5.41, 5.74) is 10.6. The highest BCUT2D eigenvalue weighted by Gasteiger charge is 2.41. The molecular weight excluding hydrogens is 412 g/mol. The van der Waals surface area contributed by atoms with Crippen LogP contribution in [0.25, 0.3) is 0 Å². The Bertz CT molecular complexity index is 1040. The number of fused-ring (bicyclic) bond motifs is 2. The predicted molar refractivity (Wildman–Crippen MR) is 132 cm³/mol. The van der Waals surface area contributed by atoms with Crippen LogP contribution in [0, 0.1) is 0 Å². The zero-order valence-electron chi connectivity index (χ0n) is 19.3. The van der Waals surface area contributed by atoms with E-state index in [1.54, 1.807) is 4.90 Å². The smallest absolute Gasteiger partial charge is 0.315 e. The van der Waals surface area contributed by atoms with Crippen molar-refractivity contribution in [1.82, 2.24) is 9.88 Å². The molecule has 4 aliphatic heterocycles. The van der Waals surface area contributed by atoms with Gasteiger partial charge in [0.1, 0.15) is 5.82 Å². The highest BCUT2D eigenvalue weighted by Crippen LogP contribution is 2.38. The lowest BCUT2D eigenvalue weighted by atomic mass is 9.95. The van der Waals surface area contributed by atoms with Gasteiger partial charge in [0, 0.05) is 62.9 Å². The number of urea groups is 1. The molecule has 0 spiro atoms. The largest absolute Gasteiger partial charge is 0.371 e. The molecule has 2 amide bonds. The van der Waals surface area contributed by atoms with Gasteiger partial charge in [-0.3, -0.25) is 0 Å². The Morgan fingerprint density at radius 2 is 1.64 bits per heavy atom. The van der Waals surface area contributed by atoms with Gasteiger partial charge in [-0.2, -0.15) is 0 Å². The first kappa shape index (κ1) is 20.6. The van der Waals surface area contributed by atoms with Crippen molar-refractivity contribution in [3.8, 4) is 0 Å². The van der Waals surface area contributed by atoms with Crippen LogP contribution in [0.15, 0.2) is 36.5 Å². The minimum Gasteiger partial charge on any atom is -0.371 e. The van der Waals surface area contributed by atoms with E-state index in [4.69, 9.17) is 10.7 Å². The van der Waals surface area contributed by atoms with E-state index in [0.717, 1.165) is 38.4 Å². The van der Waals surface area contributed by atoms with Crippen LogP contribution in [0.5, 0.6) is 0 Å². The van der Waals surface area contributed by atoms with Gasteiger partial charge in [-0.25, -0.2) is 9.78 Å². The van der Waals surface area contributed by atoms with Crippen LogP contribution >= 0.6 is 0 Å². The highest BCUT2D eigenvalue weighted by atomic mass is 16.2. The third-order valence-electron chi connectivity index (χ3n) is 8.11. The molecule has 174 valence electrons. The Labute approximate surface area is 196 Å². The van der Waals surface area contributed by atoms with Crippen LogP contribution in [-0.2, 0) is 13.1 Å². The fourth-order valence-corrected chi connectivity index (χ4v) is 6.42. The number of amides is 2. The van der Waals surface area contributed by atoms with Crippen molar-refractivity contribution in [2.45, 2.75) is 63.7 Å². The van der Waals surface area contributed by atoms with Gasteiger partial charge in [0.2, 0.25) is 0 Å². The van der Waals surface area contributed by atoms with Gasteiger partial charge >= 0.3 is 6.03 Å². The predicted octanol–water partition coefficient (Wildman–Crippen LogP) is 3.71. The number of carbonyl (C=O) groups excluding carboxylic acids is 1. The molecule has 2 N–H and O–H groups in total. The number of primary amides is 1. The third kappa shape index (κ3) is 3.77. The fraction of sp³-hybridized carbons (Fsp3) is 0.538. The number of nitrogens with two attached hydrogens (primary N) is 1. The molecule has 1 aromatic heterocycles. The monoisotopic (exact) mass is 446 g/mol. The number of anilines is 3. The first-order chi connectivity index (χ1) is 16.2. The van der Waals surface area contributed by atoms with E-state index < -0.39 is 0 Å². The lowest BCUT2D eigenvalue weighted by Crippen LogP contribution is -2.50. The number of hydrogen-bond acceptors (Lipinski definition) is 5. The molecule has 3 fully saturated rings. The number of nitrogens with zero attached hydrogens (tertiary/aromatic N) is 5. The minimum absolute atomic E-state index is 0.337. The number of benzene rings is 1. The number of pyridine rings is 1. The first-order valence-corrected chi connectivity index (χ1v) is 12.6. The van der Waals surface area contributed by atoms with Crippen molar-refractivity contribution >= 4 is 23.2 Å². The molecule has 2 atom stereocenters. The van der Waals surface area contributed by atoms with Crippen LogP contribution in [0.3, 0.4) is 0 Å². The summed E-state index contributed by atoms with van der Waals surface area (Å²) < 4.78 is 0. The average molecular weight is 447 g/mol. The van der Waals surface area contributed by atoms with Gasteiger partial charge in [-0.15, -0.1) is 0 Å². The van der Waals surface area contributed by atoms with Crippen molar-refractivity contribution in [2.24, 2.45) is 5.73 Å². The molecule has 0 aliphatic carbocycles. The molecule has 5 heterocycles. The molecule has 0 unspecified atom stereocenters. The molecule has 7 nitrogen and oxygen atoms in total. The van der Waals surface area contributed by atoms with Crippen molar-refractivity contribution in [3.05, 3.63) is 47.7 Å². The van der Waals surface area contributed by atoms with Gasteiger partial charge in [0.25, 0.3) is 0 Å². The van der Waals surface area contributed by atoms with E-state index in [9.17, 15) is 4.79 Å². The van der Waals surface area contributed by atoms with Crippen LogP contribution in [0.4, 0.5) is 22.0 Å². The number of rotatable bonds is 3. The van der Waals surface area contributed by atoms with Crippen LogP contribution in [0.2, 0.25) is 0 Å². The standard InChI is InChI=1S/C26H34N6O/c27-26(33)30-17-19-6-7-22(15-20(19)18-30)31-13-4-5-23-24(31)9-14-32(23)25-16-21(8-10-28-25)29-11-2-1-3-12-29/h6-8,10,15-16,23-24H,1-5,9,11-14,17-18H2,(H2,27,33)/t23-,24-/m0/s1. The molecule has 0 saturated carbocycles. The van der Waals surface area contributed by atoms with Crippen molar-refractivity contribution < 1.29 is 4.79 Å². The van der Waals surface area contributed by atoms with Crippen LogP contribution in [-0.4, -0.2) is 54.2 Å². The van der Waals surface area contributed by atoms with E-state index >= 15 is 0 Å².